The highest BCUT2D eigenvalue weighted by Crippen LogP contribution is 2.28. The number of rotatable bonds is 4. The summed E-state index contributed by atoms with van der Waals surface area (Å²) in [6.07, 6.45) is -1.86. The third-order valence-corrected chi connectivity index (χ3v) is 2.61. The average molecular weight is 228 g/mol. The van der Waals surface area contributed by atoms with E-state index in [4.69, 9.17) is 0 Å². The Bertz CT molecular complexity index is 328. The predicted octanol–water partition coefficient (Wildman–Crippen LogP) is 3.36. The standard InChI is InChI=1S/C13H18F2O/c1-9(2)8-10-4-6-11(7-5-10)13(3,16)12(14)15/h4-7,9,12,16H,8H2,1-3H3. The van der Waals surface area contributed by atoms with Gasteiger partial charge in [-0.1, -0.05) is 38.1 Å². The molecule has 0 heterocycles. The Morgan fingerprint density at radius 2 is 1.69 bits per heavy atom. The molecule has 16 heavy (non-hydrogen) atoms. The normalized spacial score (nSPS) is 15.5. The van der Waals surface area contributed by atoms with E-state index in [9.17, 15) is 13.9 Å². The Morgan fingerprint density at radius 3 is 2.06 bits per heavy atom. The zero-order valence-corrected chi connectivity index (χ0v) is 9.87. The van der Waals surface area contributed by atoms with Gasteiger partial charge in [-0.2, -0.15) is 0 Å². The van der Waals surface area contributed by atoms with Gasteiger partial charge in [0.15, 0.2) is 0 Å². The minimum absolute atomic E-state index is 0.259. The van der Waals surface area contributed by atoms with Crippen LogP contribution in [0.25, 0.3) is 0 Å². The number of benzene rings is 1. The quantitative estimate of drug-likeness (QED) is 0.837. The maximum absolute atomic E-state index is 12.6. The molecule has 0 aliphatic rings. The number of halogens is 2. The molecule has 0 amide bonds. The van der Waals surface area contributed by atoms with Gasteiger partial charge in [0.2, 0.25) is 0 Å². The molecule has 1 aromatic rings. The van der Waals surface area contributed by atoms with Crippen molar-refractivity contribution in [1.82, 2.24) is 0 Å². The van der Waals surface area contributed by atoms with Crippen LogP contribution in [0.5, 0.6) is 0 Å². The lowest BCUT2D eigenvalue weighted by molar-refractivity contribution is -0.0883. The van der Waals surface area contributed by atoms with Gasteiger partial charge in [0.1, 0.15) is 5.60 Å². The van der Waals surface area contributed by atoms with Crippen LogP contribution in [0, 0.1) is 5.92 Å². The lowest BCUT2D eigenvalue weighted by atomic mass is 9.94. The third-order valence-electron chi connectivity index (χ3n) is 2.61. The lowest BCUT2D eigenvalue weighted by Crippen LogP contribution is -2.30. The fourth-order valence-electron chi connectivity index (χ4n) is 1.58. The van der Waals surface area contributed by atoms with E-state index in [-0.39, 0.29) is 5.56 Å². The second-order valence-electron chi connectivity index (χ2n) is 4.74. The van der Waals surface area contributed by atoms with E-state index < -0.39 is 12.0 Å². The fourth-order valence-corrected chi connectivity index (χ4v) is 1.58. The molecule has 0 spiro atoms. The molecule has 0 fully saturated rings. The van der Waals surface area contributed by atoms with Gasteiger partial charge in [0, 0.05) is 0 Å². The first-order chi connectivity index (χ1) is 7.34. The summed E-state index contributed by atoms with van der Waals surface area (Å²) < 4.78 is 25.1. The first-order valence-electron chi connectivity index (χ1n) is 5.44. The van der Waals surface area contributed by atoms with Crippen molar-refractivity contribution < 1.29 is 13.9 Å². The smallest absolute Gasteiger partial charge is 0.270 e. The maximum Gasteiger partial charge on any atom is 0.270 e. The topological polar surface area (TPSA) is 20.2 Å². The highest BCUT2D eigenvalue weighted by atomic mass is 19.3. The van der Waals surface area contributed by atoms with Crippen LogP contribution in [0.4, 0.5) is 8.78 Å². The molecule has 1 aromatic carbocycles. The summed E-state index contributed by atoms with van der Waals surface area (Å²) in [7, 11) is 0. The van der Waals surface area contributed by atoms with Crippen LogP contribution >= 0.6 is 0 Å². The van der Waals surface area contributed by atoms with E-state index in [1.165, 1.54) is 0 Å². The first-order valence-corrected chi connectivity index (χ1v) is 5.44. The van der Waals surface area contributed by atoms with Crippen LogP contribution in [0.3, 0.4) is 0 Å². The highest BCUT2D eigenvalue weighted by molar-refractivity contribution is 5.27. The second kappa shape index (κ2) is 4.91. The summed E-state index contributed by atoms with van der Waals surface area (Å²) in [6.45, 7) is 5.33. The van der Waals surface area contributed by atoms with Crippen LogP contribution in [0.15, 0.2) is 24.3 Å². The average Bonchev–Trinajstić information content (AvgIpc) is 2.17. The molecule has 1 nitrogen and oxygen atoms in total. The largest absolute Gasteiger partial charge is 0.379 e. The van der Waals surface area contributed by atoms with Crippen molar-refractivity contribution >= 4 is 0 Å². The molecule has 0 saturated carbocycles. The van der Waals surface area contributed by atoms with E-state index in [0.717, 1.165) is 18.9 Å². The van der Waals surface area contributed by atoms with Crippen molar-refractivity contribution in [2.45, 2.75) is 39.2 Å². The monoisotopic (exact) mass is 228 g/mol. The minimum Gasteiger partial charge on any atom is -0.379 e. The summed E-state index contributed by atoms with van der Waals surface area (Å²) >= 11 is 0. The van der Waals surface area contributed by atoms with Crippen molar-refractivity contribution in [3.05, 3.63) is 35.4 Å². The van der Waals surface area contributed by atoms with Gasteiger partial charge in [-0.05, 0) is 30.4 Å². The van der Waals surface area contributed by atoms with Crippen LogP contribution < -0.4 is 0 Å². The van der Waals surface area contributed by atoms with Gasteiger partial charge in [-0.25, -0.2) is 8.78 Å². The van der Waals surface area contributed by atoms with Crippen molar-refractivity contribution in [1.29, 1.82) is 0 Å². The van der Waals surface area contributed by atoms with E-state index >= 15 is 0 Å². The Labute approximate surface area is 95.1 Å². The molecule has 1 atom stereocenters. The highest BCUT2D eigenvalue weighted by Gasteiger charge is 2.33. The van der Waals surface area contributed by atoms with Gasteiger partial charge in [-0.15, -0.1) is 0 Å². The Kier molecular flexibility index (Phi) is 4.03. The van der Waals surface area contributed by atoms with Crippen LogP contribution in [-0.2, 0) is 12.0 Å². The molecule has 0 bridgehead atoms. The van der Waals surface area contributed by atoms with E-state index in [1.54, 1.807) is 24.3 Å². The molecule has 0 saturated heterocycles. The van der Waals surface area contributed by atoms with Gasteiger partial charge in [0.25, 0.3) is 6.43 Å². The lowest BCUT2D eigenvalue weighted by Gasteiger charge is -2.22. The Hall–Kier alpha value is -0.960. The fraction of sp³-hybridized carbons (Fsp3) is 0.538. The predicted molar refractivity (Wildman–Crippen MR) is 60.6 cm³/mol. The molecule has 1 rings (SSSR count). The molecule has 0 aliphatic heterocycles. The van der Waals surface area contributed by atoms with Gasteiger partial charge in [-0.3, -0.25) is 0 Å². The number of alkyl halides is 2. The summed E-state index contributed by atoms with van der Waals surface area (Å²) in [5, 5.41) is 9.59. The van der Waals surface area contributed by atoms with E-state index in [1.807, 2.05) is 0 Å². The molecular formula is C13H18F2O. The molecule has 1 N–H and O–H groups in total. The summed E-state index contributed by atoms with van der Waals surface area (Å²) in [5.41, 5.74) is -0.699. The zero-order chi connectivity index (χ0) is 12.3. The first kappa shape index (κ1) is 13.1. The van der Waals surface area contributed by atoms with E-state index in [2.05, 4.69) is 13.8 Å². The van der Waals surface area contributed by atoms with Crippen LogP contribution in [0.2, 0.25) is 0 Å². The number of hydrogen-bond acceptors (Lipinski definition) is 1. The molecule has 1 unspecified atom stereocenters. The molecular weight excluding hydrogens is 210 g/mol. The van der Waals surface area contributed by atoms with Gasteiger partial charge < -0.3 is 5.11 Å². The molecule has 0 aliphatic carbocycles. The SMILES string of the molecule is CC(C)Cc1ccc(C(C)(O)C(F)F)cc1. The van der Waals surface area contributed by atoms with E-state index in [0.29, 0.717) is 5.92 Å². The van der Waals surface area contributed by atoms with Gasteiger partial charge in [0.05, 0.1) is 0 Å². The Morgan fingerprint density at radius 1 is 1.19 bits per heavy atom. The van der Waals surface area contributed by atoms with Crippen molar-refractivity contribution in [2.24, 2.45) is 5.92 Å². The van der Waals surface area contributed by atoms with Gasteiger partial charge >= 0.3 is 0 Å². The van der Waals surface area contributed by atoms with Crippen molar-refractivity contribution in [2.75, 3.05) is 0 Å². The number of aliphatic hydroxyl groups is 1. The van der Waals surface area contributed by atoms with Crippen molar-refractivity contribution in [3.63, 3.8) is 0 Å². The zero-order valence-electron chi connectivity index (χ0n) is 9.87. The molecule has 90 valence electrons. The maximum atomic E-state index is 12.6. The molecule has 3 heteroatoms. The second-order valence-corrected chi connectivity index (χ2v) is 4.74. The van der Waals surface area contributed by atoms with Crippen molar-refractivity contribution in [3.8, 4) is 0 Å². The Balaban J connectivity index is 2.86. The third kappa shape index (κ3) is 3.01. The minimum atomic E-state index is -2.77. The number of hydrogen-bond donors (Lipinski definition) is 1. The van der Waals surface area contributed by atoms with Crippen LogP contribution in [0.1, 0.15) is 31.9 Å². The van der Waals surface area contributed by atoms with Crippen LogP contribution in [-0.4, -0.2) is 11.5 Å². The summed E-state index contributed by atoms with van der Waals surface area (Å²) in [6, 6.07) is 6.74. The molecule has 0 radical (unpaired) electrons. The molecule has 0 aromatic heterocycles. The summed E-state index contributed by atoms with van der Waals surface area (Å²) in [4.78, 5) is 0. The summed E-state index contributed by atoms with van der Waals surface area (Å²) in [5.74, 6) is 0.529.